The summed E-state index contributed by atoms with van der Waals surface area (Å²) in [5.41, 5.74) is 0.474. The van der Waals surface area contributed by atoms with E-state index >= 15 is 0 Å². The molecule has 1 saturated heterocycles. The highest BCUT2D eigenvalue weighted by molar-refractivity contribution is 5.28. The van der Waals surface area contributed by atoms with Gasteiger partial charge >= 0.3 is 0 Å². The van der Waals surface area contributed by atoms with Crippen LogP contribution in [-0.2, 0) is 6.42 Å². The molecule has 1 aliphatic heterocycles. The quantitative estimate of drug-likeness (QED) is 0.852. The third-order valence-electron chi connectivity index (χ3n) is 3.17. The van der Waals surface area contributed by atoms with Crippen molar-refractivity contribution in [1.82, 2.24) is 5.32 Å². The Balaban J connectivity index is 2.05. The number of hydrogen-bond acceptors (Lipinski definition) is 2. The average molecular weight is 241 g/mol. The normalized spacial score (nSPS) is 21.4. The maximum absolute atomic E-state index is 14.0. The second kappa shape index (κ2) is 5.00. The Bertz CT molecular complexity index is 375. The topological polar surface area (TPSA) is 32.3 Å². The molecule has 1 aliphatic rings. The summed E-state index contributed by atoms with van der Waals surface area (Å²) in [4.78, 5) is 0. The van der Waals surface area contributed by atoms with Crippen LogP contribution in [-0.4, -0.2) is 23.6 Å². The molecular weight excluding hydrogens is 224 g/mol. The van der Waals surface area contributed by atoms with Gasteiger partial charge in [-0.25, -0.2) is 8.78 Å². The van der Waals surface area contributed by atoms with E-state index in [-0.39, 0.29) is 12.2 Å². The molecule has 0 amide bonds. The van der Waals surface area contributed by atoms with E-state index < -0.39 is 12.0 Å². The molecule has 1 aromatic carbocycles. The lowest BCUT2D eigenvalue weighted by Gasteiger charge is -2.31. The molecule has 1 fully saturated rings. The third kappa shape index (κ3) is 3.16. The van der Waals surface area contributed by atoms with E-state index in [4.69, 9.17) is 0 Å². The molecular formula is C13H17F2NO. The Hall–Kier alpha value is -1.16. The van der Waals surface area contributed by atoms with Crippen LogP contribution in [0, 0.1) is 0 Å². The van der Waals surface area contributed by atoms with Crippen LogP contribution in [0.2, 0.25) is 0 Å². The fourth-order valence-electron chi connectivity index (χ4n) is 2.27. The van der Waals surface area contributed by atoms with Crippen LogP contribution in [0.5, 0.6) is 5.75 Å². The summed E-state index contributed by atoms with van der Waals surface area (Å²) in [6, 6.07) is 5.36. The lowest BCUT2D eigenvalue weighted by molar-refractivity contribution is -0.0441. The number of piperidine rings is 1. The second-order valence-corrected chi connectivity index (χ2v) is 4.61. The van der Waals surface area contributed by atoms with Gasteiger partial charge in [0.15, 0.2) is 0 Å². The first-order chi connectivity index (χ1) is 8.08. The van der Waals surface area contributed by atoms with E-state index in [0.29, 0.717) is 18.5 Å². The number of benzene rings is 1. The van der Waals surface area contributed by atoms with E-state index in [0.717, 1.165) is 12.8 Å². The summed E-state index contributed by atoms with van der Waals surface area (Å²) < 4.78 is 28.0. The molecule has 94 valence electrons. The van der Waals surface area contributed by atoms with Gasteiger partial charge in [-0.05, 0) is 37.1 Å². The molecule has 4 heteroatoms. The van der Waals surface area contributed by atoms with Crippen LogP contribution >= 0.6 is 0 Å². The van der Waals surface area contributed by atoms with Crippen LogP contribution in [0.3, 0.4) is 0 Å². The van der Waals surface area contributed by atoms with Crippen LogP contribution < -0.4 is 5.32 Å². The molecule has 0 radical (unpaired) electrons. The molecule has 0 aromatic heterocycles. The number of nitrogens with one attached hydrogen (secondary N) is 1. The SMILES string of the molecule is Oc1cccc(CC(F)(F)C2CCCCN2)c1. The van der Waals surface area contributed by atoms with Gasteiger partial charge in [0.05, 0.1) is 6.04 Å². The van der Waals surface area contributed by atoms with Gasteiger partial charge < -0.3 is 10.4 Å². The smallest absolute Gasteiger partial charge is 0.267 e. The van der Waals surface area contributed by atoms with Crippen LogP contribution in [0.4, 0.5) is 8.78 Å². The first-order valence-electron chi connectivity index (χ1n) is 5.97. The van der Waals surface area contributed by atoms with E-state index in [1.807, 2.05) is 0 Å². The molecule has 0 saturated carbocycles. The van der Waals surface area contributed by atoms with Crippen molar-refractivity contribution in [1.29, 1.82) is 0 Å². The number of hydrogen-bond donors (Lipinski definition) is 2. The Morgan fingerprint density at radius 3 is 2.82 bits per heavy atom. The molecule has 0 aliphatic carbocycles. The maximum Gasteiger partial charge on any atom is 0.267 e. The number of aromatic hydroxyl groups is 1. The van der Waals surface area contributed by atoms with Gasteiger partial charge in [0.1, 0.15) is 5.75 Å². The predicted octanol–water partition coefficient (Wildman–Crippen LogP) is 2.71. The number of phenols is 1. The Morgan fingerprint density at radius 1 is 1.35 bits per heavy atom. The molecule has 0 bridgehead atoms. The fourth-order valence-corrected chi connectivity index (χ4v) is 2.27. The van der Waals surface area contributed by atoms with Crippen molar-refractivity contribution in [2.45, 2.75) is 37.6 Å². The highest BCUT2D eigenvalue weighted by Gasteiger charge is 2.39. The maximum atomic E-state index is 14.0. The number of phenolic OH excluding ortho intramolecular Hbond substituents is 1. The number of alkyl halides is 2. The molecule has 1 heterocycles. The number of rotatable bonds is 3. The molecule has 2 N–H and O–H groups in total. The van der Waals surface area contributed by atoms with E-state index in [1.54, 1.807) is 12.1 Å². The Morgan fingerprint density at radius 2 is 2.18 bits per heavy atom. The van der Waals surface area contributed by atoms with Gasteiger partial charge in [-0.3, -0.25) is 0 Å². The van der Waals surface area contributed by atoms with Crippen molar-refractivity contribution in [3.8, 4) is 5.75 Å². The molecule has 2 rings (SSSR count). The monoisotopic (exact) mass is 241 g/mol. The second-order valence-electron chi connectivity index (χ2n) is 4.61. The molecule has 1 atom stereocenters. The van der Waals surface area contributed by atoms with Gasteiger partial charge in [-0.1, -0.05) is 18.6 Å². The first kappa shape index (κ1) is 12.3. The summed E-state index contributed by atoms with van der Waals surface area (Å²) in [5.74, 6) is -2.72. The van der Waals surface area contributed by atoms with E-state index in [2.05, 4.69) is 5.32 Å². The van der Waals surface area contributed by atoms with Crippen molar-refractivity contribution < 1.29 is 13.9 Å². The van der Waals surface area contributed by atoms with Gasteiger partial charge in [-0.2, -0.15) is 0 Å². The summed E-state index contributed by atoms with van der Waals surface area (Å²) in [5, 5.41) is 12.1. The molecule has 2 nitrogen and oxygen atoms in total. The Labute approximate surface area is 99.7 Å². The van der Waals surface area contributed by atoms with Crippen molar-refractivity contribution in [2.24, 2.45) is 0 Å². The largest absolute Gasteiger partial charge is 0.508 e. The van der Waals surface area contributed by atoms with Crippen LogP contribution in [0.1, 0.15) is 24.8 Å². The van der Waals surface area contributed by atoms with Gasteiger partial charge in [-0.15, -0.1) is 0 Å². The molecule has 1 unspecified atom stereocenters. The lowest BCUT2D eigenvalue weighted by Crippen LogP contribution is -2.48. The zero-order valence-electron chi connectivity index (χ0n) is 9.63. The summed E-state index contributed by atoms with van der Waals surface area (Å²) in [7, 11) is 0. The number of halogens is 2. The zero-order chi connectivity index (χ0) is 12.3. The highest BCUT2D eigenvalue weighted by atomic mass is 19.3. The third-order valence-corrected chi connectivity index (χ3v) is 3.17. The van der Waals surface area contributed by atoms with Crippen molar-refractivity contribution in [2.75, 3.05) is 6.54 Å². The van der Waals surface area contributed by atoms with Crippen molar-refractivity contribution >= 4 is 0 Å². The summed E-state index contributed by atoms with van der Waals surface area (Å²) in [6.07, 6.45) is 2.02. The summed E-state index contributed by atoms with van der Waals surface area (Å²) >= 11 is 0. The predicted molar refractivity (Wildman–Crippen MR) is 62.4 cm³/mol. The summed E-state index contributed by atoms with van der Waals surface area (Å²) in [6.45, 7) is 0.667. The zero-order valence-corrected chi connectivity index (χ0v) is 9.63. The standard InChI is InChI=1S/C13H17F2NO/c14-13(15,12-6-1-2-7-16-12)9-10-4-3-5-11(17)8-10/h3-5,8,12,16-17H,1-2,6-7,9H2. The highest BCUT2D eigenvalue weighted by Crippen LogP contribution is 2.29. The van der Waals surface area contributed by atoms with E-state index in [9.17, 15) is 13.9 Å². The van der Waals surface area contributed by atoms with Crippen molar-refractivity contribution in [3.63, 3.8) is 0 Å². The van der Waals surface area contributed by atoms with Gasteiger partial charge in [0.25, 0.3) is 5.92 Å². The van der Waals surface area contributed by atoms with E-state index in [1.165, 1.54) is 12.1 Å². The van der Waals surface area contributed by atoms with Crippen molar-refractivity contribution in [3.05, 3.63) is 29.8 Å². The fraction of sp³-hybridized carbons (Fsp3) is 0.538. The van der Waals surface area contributed by atoms with Crippen LogP contribution in [0.15, 0.2) is 24.3 Å². The molecule has 17 heavy (non-hydrogen) atoms. The van der Waals surface area contributed by atoms with Gasteiger partial charge in [0, 0.05) is 6.42 Å². The average Bonchev–Trinajstić information content (AvgIpc) is 2.29. The minimum Gasteiger partial charge on any atom is -0.508 e. The van der Waals surface area contributed by atoms with Crippen LogP contribution in [0.25, 0.3) is 0 Å². The van der Waals surface area contributed by atoms with Gasteiger partial charge in [0.2, 0.25) is 0 Å². The first-order valence-corrected chi connectivity index (χ1v) is 5.97. The molecule has 1 aromatic rings. The Kier molecular flexibility index (Phi) is 3.62. The molecule has 0 spiro atoms. The minimum absolute atomic E-state index is 0.0369. The lowest BCUT2D eigenvalue weighted by atomic mass is 9.94. The minimum atomic E-state index is -2.76.